The number of nitrogens with zero attached hydrogens (tertiary/aromatic N) is 1. The number of aryl methyl sites for hydroxylation is 1. The van der Waals surface area contributed by atoms with Crippen molar-refractivity contribution < 1.29 is 24.2 Å². The number of rotatable bonds is 6. The molecule has 1 aromatic heterocycles. The molecule has 8 heteroatoms. The van der Waals surface area contributed by atoms with Crippen molar-refractivity contribution >= 4 is 23.2 Å². The van der Waals surface area contributed by atoms with Crippen molar-refractivity contribution in [3.05, 3.63) is 28.8 Å². The van der Waals surface area contributed by atoms with E-state index in [-0.39, 0.29) is 0 Å². The molecule has 24 heavy (non-hydrogen) atoms. The van der Waals surface area contributed by atoms with Crippen molar-refractivity contribution in [1.29, 1.82) is 0 Å². The van der Waals surface area contributed by atoms with E-state index in [1.807, 2.05) is 6.07 Å². The number of amides is 1. The maximum absolute atomic E-state index is 12.2. The van der Waals surface area contributed by atoms with E-state index in [0.717, 1.165) is 5.56 Å². The Bertz CT molecular complexity index is 772. The highest BCUT2D eigenvalue weighted by molar-refractivity contribution is 7.17. The number of benzene rings is 1. The molecule has 0 saturated carbocycles. The maximum atomic E-state index is 12.2. The fraction of sp³-hybridized carbons (Fsp3) is 0.312. The highest BCUT2D eigenvalue weighted by Crippen LogP contribution is 2.34. The summed E-state index contributed by atoms with van der Waals surface area (Å²) < 4.78 is 10.5. The Morgan fingerprint density at radius 3 is 2.50 bits per heavy atom. The SMILES string of the molecule is COc1ccc(-c2nc(C)c(C(=O)NC(C)C(=O)O)s2)cc1OC. The molecular weight excluding hydrogens is 332 g/mol. The summed E-state index contributed by atoms with van der Waals surface area (Å²) in [7, 11) is 3.10. The van der Waals surface area contributed by atoms with E-state index in [2.05, 4.69) is 10.3 Å². The fourth-order valence-corrected chi connectivity index (χ4v) is 2.99. The van der Waals surface area contributed by atoms with Crippen LogP contribution in [0.5, 0.6) is 11.5 Å². The zero-order valence-corrected chi connectivity index (χ0v) is 14.6. The molecule has 0 fully saturated rings. The number of carboxylic acid groups (broad SMARTS) is 1. The summed E-state index contributed by atoms with van der Waals surface area (Å²) in [5, 5.41) is 12.0. The number of aliphatic carboxylic acids is 1. The minimum atomic E-state index is -1.09. The third kappa shape index (κ3) is 3.65. The Balaban J connectivity index is 2.31. The summed E-state index contributed by atoms with van der Waals surface area (Å²) in [5.41, 5.74) is 1.32. The Hall–Kier alpha value is -2.61. The highest BCUT2D eigenvalue weighted by Gasteiger charge is 2.21. The number of hydrogen-bond donors (Lipinski definition) is 2. The van der Waals surface area contributed by atoms with Crippen molar-refractivity contribution in [2.45, 2.75) is 19.9 Å². The van der Waals surface area contributed by atoms with Gasteiger partial charge in [-0.2, -0.15) is 0 Å². The van der Waals surface area contributed by atoms with E-state index in [0.29, 0.717) is 27.1 Å². The van der Waals surface area contributed by atoms with E-state index in [4.69, 9.17) is 14.6 Å². The van der Waals surface area contributed by atoms with Gasteiger partial charge in [-0.15, -0.1) is 11.3 Å². The third-order valence-electron chi connectivity index (χ3n) is 3.35. The quantitative estimate of drug-likeness (QED) is 0.830. The van der Waals surface area contributed by atoms with Gasteiger partial charge in [0, 0.05) is 5.56 Å². The van der Waals surface area contributed by atoms with Crippen LogP contribution in [0.15, 0.2) is 18.2 Å². The van der Waals surface area contributed by atoms with Gasteiger partial charge in [-0.3, -0.25) is 9.59 Å². The first-order valence-electron chi connectivity index (χ1n) is 7.10. The maximum Gasteiger partial charge on any atom is 0.325 e. The second kappa shape index (κ2) is 7.31. The van der Waals surface area contributed by atoms with Gasteiger partial charge in [-0.1, -0.05) is 0 Å². The van der Waals surface area contributed by atoms with Crippen molar-refractivity contribution in [2.75, 3.05) is 14.2 Å². The first-order valence-corrected chi connectivity index (χ1v) is 7.92. The number of aromatic nitrogens is 1. The van der Waals surface area contributed by atoms with Crippen LogP contribution in [0.25, 0.3) is 10.6 Å². The van der Waals surface area contributed by atoms with Gasteiger partial charge in [0.2, 0.25) is 0 Å². The molecule has 0 aliphatic carbocycles. The number of nitrogens with one attached hydrogen (secondary N) is 1. The molecule has 1 heterocycles. The molecule has 0 spiro atoms. The molecule has 7 nitrogen and oxygen atoms in total. The van der Waals surface area contributed by atoms with Gasteiger partial charge < -0.3 is 19.9 Å². The second-order valence-electron chi connectivity index (χ2n) is 5.04. The van der Waals surface area contributed by atoms with Crippen LogP contribution in [0.4, 0.5) is 0 Å². The monoisotopic (exact) mass is 350 g/mol. The minimum Gasteiger partial charge on any atom is -0.493 e. The van der Waals surface area contributed by atoms with E-state index < -0.39 is 17.9 Å². The number of carbonyl (C=O) groups excluding carboxylic acids is 1. The third-order valence-corrected chi connectivity index (χ3v) is 4.56. The van der Waals surface area contributed by atoms with E-state index in [1.165, 1.54) is 18.3 Å². The van der Waals surface area contributed by atoms with Crippen LogP contribution in [0.2, 0.25) is 0 Å². The average Bonchev–Trinajstić information content (AvgIpc) is 2.95. The van der Waals surface area contributed by atoms with Crippen LogP contribution >= 0.6 is 11.3 Å². The molecule has 2 rings (SSSR count). The number of methoxy groups -OCH3 is 2. The van der Waals surface area contributed by atoms with Gasteiger partial charge in [0.25, 0.3) is 5.91 Å². The molecule has 2 aromatic rings. The lowest BCUT2D eigenvalue weighted by Gasteiger charge is -2.08. The first-order chi connectivity index (χ1) is 11.4. The number of carboxylic acids is 1. The number of hydrogen-bond acceptors (Lipinski definition) is 6. The first kappa shape index (κ1) is 17.7. The molecule has 128 valence electrons. The zero-order chi connectivity index (χ0) is 17.9. The summed E-state index contributed by atoms with van der Waals surface area (Å²) in [6, 6.07) is 4.39. The van der Waals surface area contributed by atoms with Gasteiger partial charge in [-0.05, 0) is 32.0 Å². The molecule has 1 aromatic carbocycles. The predicted molar refractivity (Wildman–Crippen MR) is 90.0 cm³/mol. The van der Waals surface area contributed by atoms with E-state index in [1.54, 1.807) is 33.3 Å². The van der Waals surface area contributed by atoms with Gasteiger partial charge in [0.1, 0.15) is 15.9 Å². The minimum absolute atomic E-state index is 0.382. The van der Waals surface area contributed by atoms with E-state index >= 15 is 0 Å². The van der Waals surface area contributed by atoms with Crippen molar-refractivity contribution in [2.24, 2.45) is 0 Å². The molecule has 0 aliphatic rings. The summed E-state index contributed by atoms with van der Waals surface area (Å²) in [5.74, 6) is -0.381. The number of ether oxygens (including phenoxy) is 2. The second-order valence-corrected chi connectivity index (χ2v) is 6.04. The highest BCUT2D eigenvalue weighted by atomic mass is 32.1. The van der Waals surface area contributed by atoms with Crippen LogP contribution in [0.1, 0.15) is 22.3 Å². The predicted octanol–water partition coefficient (Wildman–Crippen LogP) is 2.34. The molecular formula is C16H18N2O5S. The molecule has 0 bridgehead atoms. The normalized spacial score (nSPS) is 11.7. The van der Waals surface area contributed by atoms with E-state index in [9.17, 15) is 9.59 Å². The van der Waals surface area contributed by atoms with Crippen LogP contribution in [0.3, 0.4) is 0 Å². The Kier molecular flexibility index (Phi) is 5.40. The Morgan fingerprint density at radius 2 is 1.92 bits per heavy atom. The van der Waals surface area contributed by atoms with Crippen molar-refractivity contribution in [3.8, 4) is 22.1 Å². The van der Waals surface area contributed by atoms with Crippen molar-refractivity contribution in [1.82, 2.24) is 10.3 Å². The van der Waals surface area contributed by atoms with Crippen LogP contribution in [-0.2, 0) is 4.79 Å². The lowest BCUT2D eigenvalue weighted by Crippen LogP contribution is -2.38. The lowest BCUT2D eigenvalue weighted by atomic mass is 10.2. The molecule has 1 amide bonds. The molecule has 1 atom stereocenters. The van der Waals surface area contributed by atoms with Crippen LogP contribution in [0, 0.1) is 6.92 Å². The van der Waals surface area contributed by atoms with Gasteiger partial charge in [0.15, 0.2) is 11.5 Å². The lowest BCUT2D eigenvalue weighted by molar-refractivity contribution is -0.138. The van der Waals surface area contributed by atoms with Gasteiger partial charge >= 0.3 is 5.97 Å². The molecule has 0 radical (unpaired) electrons. The average molecular weight is 350 g/mol. The summed E-state index contributed by atoms with van der Waals surface area (Å²) in [6.07, 6.45) is 0. The molecule has 0 saturated heterocycles. The Labute approximate surface area is 143 Å². The molecule has 0 aliphatic heterocycles. The number of thiazole rings is 1. The standard InChI is InChI=1S/C16H18N2O5S/c1-8-13(14(19)17-9(2)16(20)21)24-15(18-8)10-5-6-11(22-3)12(7-10)23-4/h5-7,9H,1-4H3,(H,17,19)(H,20,21). The summed E-state index contributed by atoms with van der Waals surface area (Å²) >= 11 is 1.19. The van der Waals surface area contributed by atoms with Crippen LogP contribution in [-0.4, -0.2) is 42.2 Å². The summed E-state index contributed by atoms with van der Waals surface area (Å²) in [4.78, 5) is 27.8. The molecule has 1 unspecified atom stereocenters. The molecule has 2 N–H and O–H groups in total. The topological polar surface area (TPSA) is 97.8 Å². The largest absolute Gasteiger partial charge is 0.493 e. The smallest absolute Gasteiger partial charge is 0.325 e. The van der Waals surface area contributed by atoms with Gasteiger partial charge in [0.05, 0.1) is 19.9 Å². The number of carbonyl (C=O) groups is 2. The Morgan fingerprint density at radius 1 is 1.25 bits per heavy atom. The van der Waals surface area contributed by atoms with Crippen LogP contribution < -0.4 is 14.8 Å². The zero-order valence-electron chi connectivity index (χ0n) is 13.7. The summed E-state index contributed by atoms with van der Waals surface area (Å²) in [6.45, 7) is 3.12. The van der Waals surface area contributed by atoms with Crippen molar-refractivity contribution in [3.63, 3.8) is 0 Å². The fourth-order valence-electron chi connectivity index (χ4n) is 2.02. The van der Waals surface area contributed by atoms with Gasteiger partial charge in [-0.25, -0.2) is 4.98 Å².